The average Bonchev–Trinajstić information content (AvgIpc) is 2.93. The summed E-state index contributed by atoms with van der Waals surface area (Å²) in [6, 6.07) is 6.58. The van der Waals surface area contributed by atoms with Gasteiger partial charge in [0.25, 0.3) is 5.91 Å². The Morgan fingerprint density at radius 3 is 2.50 bits per heavy atom. The lowest BCUT2D eigenvalue weighted by molar-refractivity contribution is -0.125. The summed E-state index contributed by atoms with van der Waals surface area (Å²) in [5.74, 6) is -1.03. The van der Waals surface area contributed by atoms with E-state index in [0.717, 1.165) is 12.8 Å². The first-order valence-corrected chi connectivity index (χ1v) is 9.77. The lowest BCUT2D eigenvalue weighted by Crippen LogP contribution is -2.44. The maximum Gasteiger partial charge on any atom is 0.269 e. The number of ether oxygens (including phenoxy) is 1. The highest BCUT2D eigenvalue weighted by Crippen LogP contribution is 2.18. The molecule has 7 nitrogen and oxygen atoms in total. The van der Waals surface area contributed by atoms with Crippen molar-refractivity contribution in [2.45, 2.75) is 26.2 Å². The first kappa shape index (κ1) is 18.3. The first-order valence-electron chi connectivity index (χ1n) is 7.95. The number of hydrogen-bond donors (Lipinski definition) is 2. The van der Waals surface area contributed by atoms with Crippen molar-refractivity contribution in [2.75, 3.05) is 18.1 Å². The number of benzene rings is 1. The van der Waals surface area contributed by atoms with Gasteiger partial charge >= 0.3 is 0 Å². The molecule has 2 N–H and O–H groups in total. The minimum Gasteiger partial charge on any atom is -0.494 e. The largest absolute Gasteiger partial charge is 0.494 e. The third-order valence-electron chi connectivity index (χ3n) is 3.79. The molecular formula is C16H22N2O5S. The van der Waals surface area contributed by atoms with E-state index < -0.39 is 27.6 Å². The molecule has 1 atom stereocenters. The zero-order valence-corrected chi connectivity index (χ0v) is 14.4. The van der Waals surface area contributed by atoms with Crippen molar-refractivity contribution < 1.29 is 22.7 Å². The van der Waals surface area contributed by atoms with E-state index in [9.17, 15) is 18.0 Å². The highest BCUT2D eigenvalue weighted by Gasteiger charge is 2.33. The standard InChI is InChI=1S/C16H22N2O5S/c1-2-3-9-23-14-6-4-12(5-7-14)15(19)17-18-16(20)13-8-10-24(21,22)11-13/h4-7,13H,2-3,8-11H2,1H3,(H,17,19)(H,18,20)/t13-/m0/s1. The van der Waals surface area contributed by atoms with Gasteiger partial charge in [-0.1, -0.05) is 13.3 Å². The molecule has 0 radical (unpaired) electrons. The highest BCUT2D eigenvalue weighted by atomic mass is 32.2. The van der Waals surface area contributed by atoms with E-state index in [0.29, 0.717) is 17.9 Å². The number of sulfone groups is 1. The molecule has 0 saturated carbocycles. The van der Waals surface area contributed by atoms with Crippen LogP contribution in [0.4, 0.5) is 0 Å². The van der Waals surface area contributed by atoms with Crippen LogP contribution in [0.5, 0.6) is 5.75 Å². The molecule has 1 aromatic rings. The predicted molar refractivity (Wildman–Crippen MR) is 89.2 cm³/mol. The quantitative estimate of drug-likeness (QED) is 0.587. The molecule has 0 spiro atoms. The molecule has 2 amide bonds. The molecule has 2 rings (SSSR count). The molecule has 0 aromatic heterocycles. The van der Waals surface area contributed by atoms with Crippen LogP contribution in [-0.4, -0.2) is 38.3 Å². The highest BCUT2D eigenvalue weighted by molar-refractivity contribution is 7.91. The van der Waals surface area contributed by atoms with E-state index in [1.54, 1.807) is 24.3 Å². The molecule has 1 aliphatic heterocycles. The summed E-state index contributed by atoms with van der Waals surface area (Å²) in [6.07, 6.45) is 2.29. The topological polar surface area (TPSA) is 102 Å². The fraction of sp³-hybridized carbons (Fsp3) is 0.500. The Morgan fingerprint density at radius 1 is 1.21 bits per heavy atom. The average molecular weight is 354 g/mol. The van der Waals surface area contributed by atoms with Gasteiger partial charge in [-0.3, -0.25) is 20.4 Å². The van der Waals surface area contributed by atoms with Gasteiger partial charge in [0.1, 0.15) is 5.75 Å². The Bertz CT molecular complexity index is 685. The van der Waals surface area contributed by atoms with Crippen LogP contribution in [0.1, 0.15) is 36.5 Å². The molecule has 1 aliphatic rings. The molecule has 8 heteroatoms. The van der Waals surface area contributed by atoms with Crippen LogP contribution < -0.4 is 15.6 Å². The molecule has 24 heavy (non-hydrogen) atoms. The van der Waals surface area contributed by atoms with Crippen molar-refractivity contribution in [1.82, 2.24) is 10.9 Å². The fourth-order valence-electron chi connectivity index (χ4n) is 2.33. The van der Waals surface area contributed by atoms with Crippen molar-refractivity contribution in [3.05, 3.63) is 29.8 Å². The van der Waals surface area contributed by atoms with E-state index in [4.69, 9.17) is 4.74 Å². The number of hydrogen-bond acceptors (Lipinski definition) is 5. The Kier molecular flexibility index (Phi) is 6.19. The predicted octanol–water partition coefficient (Wildman–Crippen LogP) is 1.06. The third kappa shape index (κ3) is 5.23. The number of hydrazine groups is 1. The Hall–Kier alpha value is -2.09. The summed E-state index contributed by atoms with van der Waals surface area (Å²) in [7, 11) is -3.13. The number of amides is 2. The van der Waals surface area contributed by atoms with Crippen molar-refractivity contribution in [3.8, 4) is 5.75 Å². The summed E-state index contributed by atoms with van der Waals surface area (Å²) in [5, 5.41) is 0. The maximum atomic E-state index is 12.0. The first-order chi connectivity index (χ1) is 11.4. The third-order valence-corrected chi connectivity index (χ3v) is 5.55. The van der Waals surface area contributed by atoms with E-state index in [1.807, 2.05) is 0 Å². The second-order valence-electron chi connectivity index (χ2n) is 5.77. The maximum absolute atomic E-state index is 12.0. The minimum atomic E-state index is -3.13. The van der Waals surface area contributed by atoms with Crippen molar-refractivity contribution in [2.24, 2.45) is 5.92 Å². The number of unbranched alkanes of at least 4 members (excludes halogenated alkanes) is 1. The van der Waals surface area contributed by atoms with Crippen molar-refractivity contribution in [3.63, 3.8) is 0 Å². The lowest BCUT2D eigenvalue weighted by Gasteiger charge is -2.11. The number of carbonyl (C=O) groups is 2. The Labute approximate surface area is 141 Å². The zero-order chi connectivity index (χ0) is 17.6. The van der Waals surface area contributed by atoms with Gasteiger partial charge in [0.05, 0.1) is 24.0 Å². The molecule has 0 unspecified atom stereocenters. The Morgan fingerprint density at radius 2 is 1.92 bits per heavy atom. The van der Waals surface area contributed by atoms with Crippen LogP contribution in [0, 0.1) is 5.92 Å². The van der Waals surface area contributed by atoms with Gasteiger partial charge in [-0.2, -0.15) is 0 Å². The molecule has 1 heterocycles. The van der Waals surface area contributed by atoms with Crippen LogP contribution in [0.25, 0.3) is 0 Å². The second-order valence-corrected chi connectivity index (χ2v) is 8.00. The molecule has 1 aromatic carbocycles. The fourth-order valence-corrected chi connectivity index (χ4v) is 4.07. The van der Waals surface area contributed by atoms with Gasteiger partial charge in [-0.15, -0.1) is 0 Å². The minimum absolute atomic E-state index is 0.0124. The number of carbonyl (C=O) groups excluding carboxylic acids is 2. The SMILES string of the molecule is CCCCOc1ccc(C(=O)NNC(=O)[C@H]2CCS(=O)(=O)C2)cc1. The van der Waals surface area contributed by atoms with E-state index in [2.05, 4.69) is 17.8 Å². The Balaban J connectivity index is 1.81. The summed E-state index contributed by atoms with van der Waals surface area (Å²) >= 11 is 0. The van der Waals surface area contributed by atoms with Gasteiger partial charge in [-0.25, -0.2) is 8.42 Å². The van der Waals surface area contributed by atoms with E-state index in [-0.39, 0.29) is 17.9 Å². The number of rotatable bonds is 6. The van der Waals surface area contributed by atoms with Crippen LogP contribution in [-0.2, 0) is 14.6 Å². The van der Waals surface area contributed by atoms with Crippen LogP contribution in [0.3, 0.4) is 0 Å². The summed E-state index contributed by atoms with van der Waals surface area (Å²) in [5.41, 5.74) is 4.96. The molecule has 0 aliphatic carbocycles. The van der Waals surface area contributed by atoms with Gasteiger partial charge in [0.15, 0.2) is 9.84 Å². The van der Waals surface area contributed by atoms with Gasteiger partial charge < -0.3 is 4.74 Å². The monoisotopic (exact) mass is 354 g/mol. The molecule has 132 valence electrons. The van der Waals surface area contributed by atoms with Gasteiger partial charge in [-0.05, 0) is 37.1 Å². The van der Waals surface area contributed by atoms with Crippen LogP contribution in [0.15, 0.2) is 24.3 Å². The summed E-state index contributed by atoms with van der Waals surface area (Å²) < 4.78 is 28.2. The summed E-state index contributed by atoms with van der Waals surface area (Å²) in [4.78, 5) is 23.8. The van der Waals surface area contributed by atoms with E-state index >= 15 is 0 Å². The van der Waals surface area contributed by atoms with Gasteiger partial charge in [0, 0.05) is 5.56 Å². The van der Waals surface area contributed by atoms with Gasteiger partial charge in [0.2, 0.25) is 5.91 Å². The smallest absolute Gasteiger partial charge is 0.269 e. The zero-order valence-electron chi connectivity index (χ0n) is 13.6. The molecule has 0 bridgehead atoms. The van der Waals surface area contributed by atoms with Crippen LogP contribution >= 0.6 is 0 Å². The molecular weight excluding hydrogens is 332 g/mol. The normalized spacial score (nSPS) is 18.8. The lowest BCUT2D eigenvalue weighted by atomic mass is 10.1. The molecule has 1 fully saturated rings. The van der Waals surface area contributed by atoms with E-state index in [1.165, 1.54) is 0 Å². The summed E-state index contributed by atoms with van der Waals surface area (Å²) in [6.45, 7) is 2.70. The van der Waals surface area contributed by atoms with Crippen LogP contribution in [0.2, 0.25) is 0 Å². The van der Waals surface area contributed by atoms with Crippen molar-refractivity contribution in [1.29, 1.82) is 0 Å². The second kappa shape index (κ2) is 8.14. The number of nitrogens with one attached hydrogen (secondary N) is 2. The van der Waals surface area contributed by atoms with Crippen molar-refractivity contribution >= 4 is 21.7 Å². The molecule has 1 saturated heterocycles.